The van der Waals surface area contributed by atoms with Crippen molar-refractivity contribution in [3.63, 3.8) is 0 Å². The summed E-state index contributed by atoms with van der Waals surface area (Å²) in [5.41, 5.74) is 4.00. The van der Waals surface area contributed by atoms with E-state index >= 15 is 0 Å². The number of fused-ring (bicyclic) bond motifs is 1. The smallest absolute Gasteiger partial charge is 0.263 e. The van der Waals surface area contributed by atoms with E-state index < -0.39 is 11.5 Å². The third-order valence-electron chi connectivity index (χ3n) is 6.69. The van der Waals surface area contributed by atoms with Crippen LogP contribution in [0.25, 0.3) is 0 Å². The van der Waals surface area contributed by atoms with Crippen molar-refractivity contribution >= 4 is 34.3 Å². The maximum Gasteiger partial charge on any atom is 0.263 e. The van der Waals surface area contributed by atoms with Gasteiger partial charge in [-0.15, -0.1) is 0 Å². The molecular weight excluding hydrogens is 458 g/mol. The molecule has 0 bridgehead atoms. The number of hydrogen-bond acceptors (Lipinski definition) is 8. The number of amides is 1. The van der Waals surface area contributed by atoms with Gasteiger partial charge in [0, 0.05) is 55.4 Å². The van der Waals surface area contributed by atoms with Gasteiger partial charge in [0.15, 0.2) is 0 Å². The van der Waals surface area contributed by atoms with Gasteiger partial charge >= 0.3 is 0 Å². The Kier molecular flexibility index (Phi) is 6.51. The van der Waals surface area contributed by atoms with E-state index in [4.69, 9.17) is 4.74 Å². The van der Waals surface area contributed by atoms with Crippen molar-refractivity contribution in [3.05, 3.63) is 64.2 Å². The van der Waals surface area contributed by atoms with Crippen LogP contribution < -0.4 is 31.1 Å². The molecule has 0 radical (unpaired) electrons. The number of rotatable bonds is 5. The van der Waals surface area contributed by atoms with Gasteiger partial charge in [-0.1, -0.05) is 0 Å². The molecule has 10 nitrogen and oxygen atoms in total. The molecule has 2 aliphatic heterocycles. The zero-order chi connectivity index (χ0) is 25.2. The largest absolute Gasteiger partial charge is 0.474 e. The van der Waals surface area contributed by atoms with Crippen LogP contribution in [0.5, 0.6) is 5.88 Å². The number of carbonyl (C=O) groups excluding carboxylic acids is 1. The molecule has 0 aliphatic carbocycles. The van der Waals surface area contributed by atoms with E-state index in [0.29, 0.717) is 42.1 Å². The Labute approximate surface area is 209 Å². The Bertz CT molecular complexity index is 1320. The average Bonchev–Trinajstić information content (AvgIpc) is 2.86. The summed E-state index contributed by atoms with van der Waals surface area (Å²) < 4.78 is 5.59. The highest BCUT2D eigenvalue weighted by atomic mass is 16.5. The van der Waals surface area contributed by atoms with E-state index in [2.05, 4.69) is 49.7 Å². The van der Waals surface area contributed by atoms with Crippen LogP contribution in [0.15, 0.2) is 47.5 Å². The molecule has 5 rings (SSSR count). The molecule has 0 saturated carbocycles. The molecule has 1 saturated heterocycles. The third-order valence-corrected chi connectivity index (χ3v) is 6.69. The van der Waals surface area contributed by atoms with E-state index in [0.717, 1.165) is 36.6 Å². The van der Waals surface area contributed by atoms with Crippen LogP contribution in [0.4, 0.5) is 28.4 Å². The van der Waals surface area contributed by atoms with E-state index in [-0.39, 0.29) is 5.56 Å². The lowest BCUT2D eigenvalue weighted by Crippen LogP contribution is -2.50. The van der Waals surface area contributed by atoms with E-state index in [1.165, 1.54) is 6.20 Å². The van der Waals surface area contributed by atoms with Crippen molar-refractivity contribution in [3.8, 4) is 5.88 Å². The Morgan fingerprint density at radius 3 is 2.75 bits per heavy atom. The van der Waals surface area contributed by atoms with Crippen molar-refractivity contribution in [2.45, 2.75) is 19.9 Å². The lowest BCUT2D eigenvalue weighted by atomic mass is 10.1. The van der Waals surface area contributed by atoms with Crippen LogP contribution in [0.2, 0.25) is 0 Å². The summed E-state index contributed by atoms with van der Waals surface area (Å²) in [6, 6.07) is 9.81. The van der Waals surface area contributed by atoms with Crippen molar-refractivity contribution in [2.75, 3.05) is 60.7 Å². The fourth-order valence-corrected chi connectivity index (χ4v) is 4.75. The van der Waals surface area contributed by atoms with Gasteiger partial charge in [0.05, 0.1) is 17.6 Å². The molecule has 0 spiro atoms. The highest BCUT2D eigenvalue weighted by molar-refractivity contribution is 6.08. The molecule has 188 valence electrons. The molecule has 1 fully saturated rings. The van der Waals surface area contributed by atoms with Crippen LogP contribution >= 0.6 is 0 Å². The minimum atomic E-state index is -0.495. The number of carbonyl (C=O) groups is 1. The summed E-state index contributed by atoms with van der Waals surface area (Å²) in [5, 5.41) is 9.36. The molecule has 4 N–H and O–H groups in total. The van der Waals surface area contributed by atoms with Gasteiger partial charge in [-0.25, -0.2) is 4.98 Å². The Morgan fingerprint density at radius 2 is 1.97 bits per heavy atom. The summed E-state index contributed by atoms with van der Waals surface area (Å²) in [7, 11) is 2.13. The van der Waals surface area contributed by atoms with Gasteiger partial charge in [0.1, 0.15) is 17.9 Å². The van der Waals surface area contributed by atoms with Crippen molar-refractivity contribution in [1.29, 1.82) is 0 Å². The molecule has 2 aliphatic rings. The van der Waals surface area contributed by atoms with Crippen LogP contribution in [0, 0.1) is 6.92 Å². The van der Waals surface area contributed by atoms with Crippen LogP contribution in [0.3, 0.4) is 0 Å². The zero-order valence-corrected chi connectivity index (χ0v) is 20.7. The number of piperazine rings is 1. The van der Waals surface area contributed by atoms with E-state index in [1.54, 1.807) is 12.3 Å². The minimum absolute atomic E-state index is 0.00408. The number of nitrogens with zero attached hydrogens (tertiary/aromatic N) is 3. The van der Waals surface area contributed by atoms with Crippen molar-refractivity contribution in [1.82, 2.24) is 14.9 Å². The summed E-state index contributed by atoms with van der Waals surface area (Å²) in [6.45, 7) is 8.36. The van der Waals surface area contributed by atoms with E-state index in [1.807, 2.05) is 31.2 Å². The number of aromatic amines is 1. The normalized spacial score (nSPS) is 17.5. The highest BCUT2D eigenvalue weighted by Gasteiger charge is 2.23. The first-order valence-corrected chi connectivity index (χ1v) is 12.1. The van der Waals surface area contributed by atoms with Gasteiger partial charge in [-0.2, -0.15) is 0 Å². The number of hydrogen-bond donors (Lipinski definition) is 4. The molecule has 0 unspecified atom stereocenters. The number of pyridine rings is 2. The lowest BCUT2D eigenvalue weighted by Gasteiger charge is -2.39. The van der Waals surface area contributed by atoms with Gasteiger partial charge in [0.25, 0.3) is 11.5 Å². The SMILES string of the molecule is Cc1c(Nc2cc[nH]c(=O)c2C(=O)Nc2ccc(N3CCN(C)C[C@@H]3C)cc2)cnc2c1NCCO2. The Hall–Kier alpha value is -4.05. The number of benzene rings is 1. The summed E-state index contributed by atoms with van der Waals surface area (Å²) in [6.07, 6.45) is 3.15. The maximum atomic E-state index is 13.2. The monoisotopic (exact) mass is 489 g/mol. The van der Waals surface area contributed by atoms with Crippen LogP contribution in [0.1, 0.15) is 22.8 Å². The van der Waals surface area contributed by atoms with Gasteiger partial charge < -0.3 is 35.5 Å². The molecule has 1 atom stereocenters. The first-order chi connectivity index (χ1) is 17.4. The Morgan fingerprint density at radius 1 is 1.17 bits per heavy atom. The van der Waals surface area contributed by atoms with Gasteiger partial charge in [0.2, 0.25) is 5.88 Å². The number of aromatic nitrogens is 2. The first kappa shape index (κ1) is 23.7. The molecular formula is C26H31N7O3. The summed E-state index contributed by atoms with van der Waals surface area (Å²) >= 11 is 0. The second kappa shape index (κ2) is 9.90. The maximum absolute atomic E-state index is 13.2. The van der Waals surface area contributed by atoms with Crippen LogP contribution in [-0.4, -0.2) is 66.7 Å². The van der Waals surface area contributed by atoms with Crippen molar-refractivity contribution in [2.24, 2.45) is 0 Å². The number of likely N-dealkylation sites (N-methyl/N-ethyl adjacent to an activating group) is 1. The Balaban J connectivity index is 1.35. The molecule has 36 heavy (non-hydrogen) atoms. The fraction of sp³-hybridized carbons (Fsp3) is 0.346. The summed E-state index contributed by atoms with van der Waals surface area (Å²) in [5.74, 6) is 0.0488. The van der Waals surface area contributed by atoms with Gasteiger partial charge in [-0.05, 0) is 51.2 Å². The predicted octanol–water partition coefficient (Wildman–Crippen LogP) is 3.02. The van der Waals surface area contributed by atoms with Gasteiger partial charge in [-0.3, -0.25) is 9.59 Å². The minimum Gasteiger partial charge on any atom is -0.474 e. The zero-order valence-electron chi connectivity index (χ0n) is 20.7. The van der Waals surface area contributed by atoms with Crippen LogP contribution in [-0.2, 0) is 0 Å². The molecule has 4 heterocycles. The second-order valence-electron chi connectivity index (χ2n) is 9.28. The average molecular weight is 490 g/mol. The third kappa shape index (κ3) is 4.72. The number of ether oxygens (including phenoxy) is 1. The molecule has 1 aromatic carbocycles. The second-order valence-corrected chi connectivity index (χ2v) is 9.28. The number of H-pyrrole nitrogens is 1. The molecule has 2 aromatic heterocycles. The number of nitrogens with one attached hydrogen (secondary N) is 4. The first-order valence-electron chi connectivity index (χ1n) is 12.1. The quantitative estimate of drug-likeness (QED) is 0.433. The number of anilines is 5. The standard InChI is InChI=1S/C26H31N7O3/c1-16-15-32(3)11-12-33(16)19-6-4-18(5-7-19)30-25(35)22-20(8-9-28-24(22)34)31-21-14-29-26-23(17(21)2)27-10-13-36-26/h4-9,14,16,27H,10-13,15H2,1-3H3,(H,30,35)(H2,28,31,34)/t16-/m0/s1. The lowest BCUT2D eigenvalue weighted by molar-refractivity contribution is 0.102. The van der Waals surface area contributed by atoms with Crippen molar-refractivity contribution < 1.29 is 9.53 Å². The molecule has 1 amide bonds. The topological polar surface area (TPSA) is 115 Å². The molecule has 3 aromatic rings. The highest BCUT2D eigenvalue weighted by Crippen LogP contribution is 2.34. The predicted molar refractivity (Wildman–Crippen MR) is 142 cm³/mol. The molecule has 10 heteroatoms. The fourth-order valence-electron chi connectivity index (χ4n) is 4.75. The summed E-state index contributed by atoms with van der Waals surface area (Å²) in [4.78, 5) is 37.5. The van der Waals surface area contributed by atoms with E-state index in [9.17, 15) is 9.59 Å².